The summed E-state index contributed by atoms with van der Waals surface area (Å²) >= 11 is 0. The Kier molecular flexibility index (Phi) is 5.27. The van der Waals surface area contributed by atoms with Crippen LogP contribution in [0.2, 0.25) is 0 Å². The average Bonchev–Trinajstić information content (AvgIpc) is 2.61. The molecule has 3 rings (SSSR count). The number of likely N-dealkylation sites (tertiary alicyclic amines) is 2. The zero-order valence-corrected chi connectivity index (χ0v) is 14.5. The van der Waals surface area contributed by atoms with Crippen LogP contribution in [0.15, 0.2) is 24.3 Å². The smallest absolute Gasteiger partial charge is 0.227 e. The second-order valence-electron chi connectivity index (χ2n) is 7.30. The number of phenols is 1. The van der Waals surface area contributed by atoms with Crippen molar-refractivity contribution in [1.82, 2.24) is 9.80 Å². The van der Waals surface area contributed by atoms with Gasteiger partial charge in [0, 0.05) is 38.0 Å². The molecule has 0 bridgehead atoms. The molecule has 0 aromatic heterocycles. The number of hydrogen-bond donors (Lipinski definition) is 2. The van der Waals surface area contributed by atoms with Crippen LogP contribution in [-0.4, -0.2) is 64.6 Å². The van der Waals surface area contributed by atoms with Gasteiger partial charge in [0.2, 0.25) is 11.8 Å². The van der Waals surface area contributed by atoms with Gasteiger partial charge in [-0.15, -0.1) is 0 Å². The summed E-state index contributed by atoms with van der Waals surface area (Å²) in [6.07, 6.45) is 3.61. The maximum Gasteiger partial charge on any atom is 0.227 e. The third-order valence-electron chi connectivity index (χ3n) is 5.42. The van der Waals surface area contributed by atoms with E-state index < -0.39 is 0 Å². The highest BCUT2D eigenvalue weighted by molar-refractivity contribution is 5.79. The molecule has 1 aromatic carbocycles. The largest absolute Gasteiger partial charge is 0.508 e. The van der Waals surface area contributed by atoms with Gasteiger partial charge in [-0.3, -0.25) is 9.59 Å². The predicted molar refractivity (Wildman–Crippen MR) is 93.0 cm³/mol. The highest BCUT2D eigenvalue weighted by Crippen LogP contribution is 2.39. The predicted octanol–water partition coefficient (Wildman–Crippen LogP) is 1.16. The standard InChI is InChI=1S/C19H26N2O4/c22-11-10-21-14-19(8-6-17(21)24)7-1-9-20(13-19)18(25)12-15-2-4-16(23)5-3-15/h2-5,22-23H,1,6-14H2/t19-/m1/s1. The molecule has 2 saturated heterocycles. The first-order valence-electron chi connectivity index (χ1n) is 8.96. The molecule has 1 atom stereocenters. The second-order valence-corrected chi connectivity index (χ2v) is 7.30. The van der Waals surface area contributed by atoms with Gasteiger partial charge < -0.3 is 20.0 Å². The Morgan fingerprint density at radius 3 is 2.64 bits per heavy atom. The van der Waals surface area contributed by atoms with Crippen molar-refractivity contribution < 1.29 is 19.8 Å². The van der Waals surface area contributed by atoms with E-state index in [0.29, 0.717) is 32.5 Å². The summed E-state index contributed by atoms with van der Waals surface area (Å²) in [5.41, 5.74) is 0.856. The van der Waals surface area contributed by atoms with Gasteiger partial charge in [-0.1, -0.05) is 12.1 Å². The van der Waals surface area contributed by atoms with Gasteiger partial charge in [0.25, 0.3) is 0 Å². The first-order chi connectivity index (χ1) is 12.0. The lowest BCUT2D eigenvalue weighted by Gasteiger charge is -2.48. The van der Waals surface area contributed by atoms with E-state index in [-0.39, 0.29) is 29.6 Å². The molecule has 1 spiro atoms. The van der Waals surface area contributed by atoms with E-state index in [2.05, 4.69) is 0 Å². The molecule has 0 aliphatic carbocycles. The summed E-state index contributed by atoms with van der Waals surface area (Å²) in [6, 6.07) is 6.74. The van der Waals surface area contributed by atoms with E-state index in [9.17, 15) is 19.8 Å². The summed E-state index contributed by atoms with van der Waals surface area (Å²) in [7, 11) is 0. The van der Waals surface area contributed by atoms with E-state index in [1.54, 1.807) is 29.2 Å². The SMILES string of the molecule is O=C1CC[C@@]2(CCCN(C(=O)Cc3ccc(O)cc3)C2)CN1CCO. The monoisotopic (exact) mass is 346 g/mol. The Morgan fingerprint density at radius 1 is 1.16 bits per heavy atom. The molecule has 6 nitrogen and oxygen atoms in total. The molecule has 2 amide bonds. The summed E-state index contributed by atoms with van der Waals surface area (Å²) in [6.45, 7) is 2.43. The van der Waals surface area contributed by atoms with Crippen molar-refractivity contribution in [2.45, 2.75) is 32.1 Å². The molecule has 2 aliphatic heterocycles. The average molecular weight is 346 g/mol. The third kappa shape index (κ3) is 4.12. The number of carbonyl (C=O) groups excluding carboxylic acids is 2. The summed E-state index contributed by atoms with van der Waals surface area (Å²) in [4.78, 5) is 28.4. The van der Waals surface area contributed by atoms with Crippen LogP contribution < -0.4 is 0 Å². The fourth-order valence-electron chi connectivity index (χ4n) is 4.08. The number of carbonyl (C=O) groups is 2. The molecule has 0 unspecified atom stereocenters. The zero-order valence-electron chi connectivity index (χ0n) is 14.5. The number of β-amino-alcohol motifs (C(OH)–C–C–N with tert-alkyl or cyclic N) is 1. The van der Waals surface area contributed by atoms with Crippen LogP contribution in [-0.2, 0) is 16.0 Å². The Morgan fingerprint density at radius 2 is 1.92 bits per heavy atom. The normalized spacial score (nSPS) is 24.0. The van der Waals surface area contributed by atoms with E-state index >= 15 is 0 Å². The van der Waals surface area contributed by atoms with Gasteiger partial charge in [0.15, 0.2) is 0 Å². The minimum absolute atomic E-state index is 0.0225. The molecule has 2 aliphatic rings. The fourth-order valence-corrected chi connectivity index (χ4v) is 4.08. The van der Waals surface area contributed by atoms with E-state index in [1.807, 2.05) is 4.90 Å². The van der Waals surface area contributed by atoms with Crippen LogP contribution in [0, 0.1) is 5.41 Å². The van der Waals surface area contributed by atoms with Crippen molar-refractivity contribution in [3.05, 3.63) is 29.8 Å². The van der Waals surface area contributed by atoms with Gasteiger partial charge in [-0.25, -0.2) is 0 Å². The lowest BCUT2D eigenvalue weighted by atomic mass is 9.73. The number of nitrogens with zero attached hydrogens (tertiary/aromatic N) is 2. The van der Waals surface area contributed by atoms with Crippen LogP contribution in [0.1, 0.15) is 31.2 Å². The van der Waals surface area contributed by atoms with Crippen molar-refractivity contribution in [3.63, 3.8) is 0 Å². The first kappa shape index (κ1) is 17.7. The second kappa shape index (κ2) is 7.44. The number of aromatic hydroxyl groups is 1. The topological polar surface area (TPSA) is 81.1 Å². The minimum Gasteiger partial charge on any atom is -0.508 e. The molecule has 2 heterocycles. The number of hydrogen-bond acceptors (Lipinski definition) is 4. The number of amides is 2. The quantitative estimate of drug-likeness (QED) is 0.857. The van der Waals surface area contributed by atoms with Gasteiger partial charge in [0.1, 0.15) is 5.75 Å². The lowest BCUT2D eigenvalue weighted by Crippen LogP contribution is -2.55. The van der Waals surface area contributed by atoms with E-state index in [4.69, 9.17) is 0 Å². The molecule has 136 valence electrons. The highest BCUT2D eigenvalue weighted by Gasteiger charge is 2.42. The fraction of sp³-hybridized carbons (Fsp3) is 0.579. The number of aliphatic hydroxyl groups is 1. The molecule has 6 heteroatoms. The van der Waals surface area contributed by atoms with E-state index in [1.165, 1.54) is 0 Å². The number of phenolic OH excluding ortho intramolecular Hbond substituents is 1. The van der Waals surface area contributed by atoms with Crippen molar-refractivity contribution in [1.29, 1.82) is 0 Å². The number of piperidine rings is 2. The summed E-state index contributed by atoms with van der Waals surface area (Å²) in [5.74, 6) is 0.395. The van der Waals surface area contributed by atoms with Crippen LogP contribution in [0.5, 0.6) is 5.75 Å². The van der Waals surface area contributed by atoms with Gasteiger partial charge in [-0.05, 0) is 37.0 Å². The Bertz CT molecular complexity index is 631. The first-order valence-corrected chi connectivity index (χ1v) is 8.96. The lowest BCUT2D eigenvalue weighted by molar-refractivity contribution is -0.143. The Labute approximate surface area is 148 Å². The van der Waals surface area contributed by atoms with Crippen LogP contribution in [0.4, 0.5) is 0 Å². The molecule has 0 saturated carbocycles. The molecule has 0 radical (unpaired) electrons. The Balaban J connectivity index is 1.64. The zero-order chi connectivity index (χ0) is 17.9. The Hall–Kier alpha value is -2.08. The van der Waals surface area contributed by atoms with Gasteiger partial charge in [0.05, 0.1) is 13.0 Å². The minimum atomic E-state index is -0.0358. The maximum absolute atomic E-state index is 12.7. The van der Waals surface area contributed by atoms with Crippen LogP contribution in [0.25, 0.3) is 0 Å². The number of rotatable bonds is 4. The van der Waals surface area contributed by atoms with E-state index in [0.717, 1.165) is 31.4 Å². The molecule has 2 fully saturated rings. The maximum atomic E-state index is 12.7. The van der Waals surface area contributed by atoms with Gasteiger partial charge >= 0.3 is 0 Å². The summed E-state index contributed by atoms with van der Waals surface area (Å²) < 4.78 is 0. The van der Waals surface area contributed by atoms with Gasteiger partial charge in [-0.2, -0.15) is 0 Å². The van der Waals surface area contributed by atoms with Crippen LogP contribution >= 0.6 is 0 Å². The molecule has 25 heavy (non-hydrogen) atoms. The van der Waals surface area contributed by atoms with Crippen molar-refractivity contribution in [2.24, 2.45) is 5.41 Å². The van der Waals surface area contributed by atoms with Crippen LogP contribution in [0.3, 0.4) is 0 Å². The van der Waals surface area contributed by atoms with Crippen molar-refractivity contribution in [2.75, 3.05) is 32.8 Å². The third-order valence-corrected chi connectivity index (χ3v) is 5.42. The summed E-state index contributed by atoms with van der Waals surface area (Å²) in [5, 5.41) is 18.5. The molecule has 1 aromatic rings. The number of aliphatic hydroxyl groups excluding tert-OH is 1. The highest BCUT2D eigenvalue weighted by atomic mass is 16.3. The molecular formula is C19H26N2O4. The molecule has 2 N–H and O–H groups in total. The number of benzene rings is 1. The molecular weight excluding hydrogens is 320 g/mol. The van der Waals surface area contributed by atoms with Crippen molar-refractivity contribution in [3.8, 4) is 5.75 Å². The van der Waals surface area contributed by atoms with Crippen molar-refractivity contribution >= 4 is 11.8 Å².